The highest BCUT2D eigenvalue weighted by atomic mass is 16.1. The molecule has 0 radical (unpaired) electrons. The van der Waals surface area contributed by atoms with Crippen LogP contribution in [0.4, 0.5) is 5.69 Å². The van der Waals surface area contributed by atoms with Crippen LogP contribution < -0.4 is 11.1 Å². The Balaban J connectivity index is 2.21. The molecule has 2 aromatic carbocycles. The molecule has 0 saturated carbocycles. The minimum atomic E-state index is 0.0835. The van der Waals surface area contributed by atoms with Gasteiger partial charge < -0.3 is 5.73 Å². The highest BCUT2D eigenvalue weighted by molar-refractivity contribution is 5.99. The van der Waals surface area contributed by atoms with Crippen molar-refractivity contribution in [2.45, 2.75) is 39.0 Å². The number of nitrogens with two attached hydrogens (primary N) is 1. The van der Waals surface area contributed by atoms with Gasteiger partial charge in [-0.25, -0.2) is 9.98 Å². The van der Waals surface area contributed by atoms with Crippen molar-refractivity contribution in [2.75, 3.05) is 0 Å². The van der Waals surface area contributed by atoms with E-state index in [1.165, 1.54) is 12.8 Å². The molecule has 144 valence electrons. The van der Waals surface area contributed by atoms with Crippen molar-refractivity contribution >= 4 is 29.0 Å². The minimum Gasteiger partial charge on any atom is -0.369 e. The van der Waals surface area contributed by atoms with Gasteiger partial charge in [-0.15, -0.1) is 0 Å². The maximum absolute atomic E-state index is 10.8. The monoisotopic (exact) mass is 374 g/mol. The van der Waals surface area contributed by atoms with E-state index < -0.39 is 0 Å². The second kappa shape index (κ2) is 9.65. The van der Waals surface area contributed by atoms with Crippen LogP contribution in [-0.2, 0) is 11.2 Å². The van der Waals surface area contributed by atoms with E-state index in [-0.39, 0.29) is 5.96 Å². The number of rotatable bonds is 8. The van der Waals surface area contributed by atoms with Gasteiger partial charge in [-0.05, 0) is 18.9 Å². The van der Waals surface area contributed by atoms with Gasteiger partial charge in [0.2, 0.25) is 6.41 Å². The van der Waals surface area contributed by atoms with Crippen LogP contribution in [0.1, 0.15) is 38.2 Å². The van der Waals surface area contributed by atoms with E-state index in [0.717, 1.165) is 52.7 Å². The molecule has 0 fully saturated rings. The van der Waals surface area contributed by atoms with E-state index in [4.69, 9.17) is 10.7 Å². The SMILES string of the molecule is CCCCCCc1c(-c2ccccc2)nc2ccccc2c1N=C(N)NC=O. The van der Waals surface area contributed by atoms with Gasteiger partial charge in [0.25, 0.3) is 0 Å². The number of aromatic nitrogens is 1. The number of para-hydroxylation sites is 1. The molecule has 3 N–H and O–H groups in total. The number of nitrogens with zero attached hydrogens (tertiary/aromatic N) is 2. The molecular weight excluding hydrogens is 348 g/mol. The smallest absolute Gasteiger partial charge is 0.213 e. The third-order valence-electron chi connectivity index (χ3n) is 4.73. The van der Waals surface area contributed by atoms with Crippen LogP contribution in [0.3, 0.4) is 0 Å². The van der Waals surface area contributed by atoms with Crippen LogP contribution in [0, 0.1) is 0 Å². The number of carbonyl (C=O) groups is 1. The van der Waals surface area contributed by atoms with Crippen molar-refractivity contribution in [2.24, 2.45) is 10.7 Å². The first kappa shape index (κ1) is 19.5. The highest BCUT2D eigenvalue weighted by Gasteiger charge is 2.16. The lowest BCUT2D eigenvalue weighted by atomic mass is 9.96. The van der Waals surface area contributed by atoms with Gasteiger partial charge in [0.05, 0.1) is 16.9 Å². The van der Waals surface area contributed by atoms with E-state index >= 15 is 0 Å². The fourth-order valence-electron chi connectivity index (χ4n) is 3.37. The van der Waals surface area contributed by atoms with Crippen molar-refractivity contribution in [1.82, 2.24) is 10.3 Å². The number of hydrogen-bond donors (Lipinski definition) is 2. The van der Waals surface area contributed by atoms with Crippen LogP contribution in [0.25, 0.3) is 22.2 Å². The van der Waals surface area contributed by atoms with Crippen LogP contribution in [0.5, 0.6) is 0 Å². The van der Waals surface area contributed by atoms with Crippen molar-refractivity contribution in [3.8, 4) is 11.3 Å². The van der Waals surface area contributed by atoms with E-state index in [1.54, 1.807) is 0 Å². The summed E-state index contributed by atoms with van der Waals surface area (Å²) in [5.41, 5.74) is 10.6. The number of fused-ring (bicyclic) bond motifs is 1. The molecule has 1 aromatic heterocycles. The molecule has 3 aromatic rings. The predicted molar refractivity (Wildman–Crippen MR) is 116 cm³/mol. The Labute approximate surface area is 165 Å². The summed E-state index contributed by atoms with van der Waals surface area (Å²) in [5, 5.41) is 3.38. The molecule has 0 bridgehead atoms. The standard InChI is InChI=1S/C23H26N4O/c1-2-3-4-8-14-19-21(17-11-6-5-7-12-17)26-20-15-10-9-13-18(20)22(19)27-23(24)25-16-28/h5-7,9-13,15-16H,2-4,8,14H2,1H3,(H3,24,25,26,27,28). The molecule has 0 aliphatic heterocycles. The van der Waals surface area contributed by atoms with E-state index in [1.807, 2.05) is 42.5 Å². The Hall–Kier alpha value is -3.21. The lowest BCUT2D eigenvalue weighted by Crippen LogP contribution is -2.29. The molecule has 28 heavy (non-hydrogen) atoms. The highest BCUT2D eigenvalue weighted by Crippen LogP contribution is 2.37. The first-order chi connectivity index (χ1) is 13.7. The summed E-state index contributed by atoms with van der Waals surface area (Å²) in [6.45, 7) is 2.20. The van der Waals surface area contributed by atoms with Crippen LogP contribution in [-0.4, -0.2) is 17.4 Å². The summed E-state index contributed by atoms with van der Waals surface area (Å²) >= 11 is 0. The molecular formula is C23H26N4O. The number of guanidine groups is 1. The average Bonchev–Trinajstić information content (AvgIpc) is 2.73. The fraction of sp³-hybridized carbons (Fsp3) is 0.261. The van der Waals surface area contributed by atoms with Crippen LogP contribution in [0.15, 0.2) is 59.6 Å². The largest absolute Gasteiger partial charge is 0.369 e. The Bertz CT molecular complexity index is 967. The van der Waals surface area contributed by atoms with Gasteiger partial charge in [0.15, 0.2) is 5.96 Å². The Morgan fingerprint density at radius 2 is 1.82 bits per heavy atom. The number of carbonyl (C=O) groups excluding carboxylic acids is 1. The summed E-state index contributed by atoms with van der Waals surface area (Å²) in [7, 11) is 0. The van der Waals surface area contributed by atoms with E-state index in [2.05, 4.69) is 29.4 Å². The molecule has 0 spiro atoms. The normalized spacial score (nSPS) is 11.5. The van der Waals surface area contributed by atoms with Gasteiger partial charge in [0.1, 0.15) is 0 Å². The van der Waals surface area contributed by atoms with Crippen molar-refractivity contribution in [1.29, 1.82) is 0 Å². The molecule has 1 heterocycles. The lowest BCUT2D eigenvalue weighted by molar-refractivity contribution is -0.108. The van der Waals surface area contributed by atoms with Crippen LogP contribution >= 0.6 is 0 Å². The summed E-state index contributed by atoms with van der Waals surface area (Å²) in [6, 6.07) is 18.1. The third kappa shape index (κ3) is 4.55. The quantitative estimate of drug-likeness (QED) is 0.259. The number of hydrogen-bond acceptors (Lipinski definition) is 3. The molecule has 5 nitrogen and oxygen atoms in total. The summed E-state index contributed by atoms with van der Waals surface area (Å²) in [5.74, 6) is 0.0835. The summed E-state index contributed by atoms with van der Waals surface area (Å²) < 4.78 is 0. The zero-order chi connectivity index (χ0) is 19.8. The Kier molecular flexibility index (Phi) is 6.73. The molecule has 0 saturated heterocycles. The molecule has 3 rings (SSSR count). The fourth-order valence-corrected chi connectivity index (χ4v) is 3.37. The molecule has 0 atom stereocenters. The number of nitrogens with one attached hydrogen (secondary N) is 1. The van der Waals surface area contributed by atoms with Gasteiger partial charge >= 0.3 is 0 Å². The molecule has 0 aliphatic carbocycles. The first-order valence-corrected chi connectivity index (χ1v) is 9.76. The van der Waals surface area contributed by atoms with Gasteiger partial charge in [0, 0.05) is 16.5 Å². The molecule has 5 heteroatoms. The van der Waals surface area contributed by atoms with Gasteiger partial charge in [-0.1, -0.05) is 74.7 Å². The number of benzene rings is 2. The first-order valence-electron chi connectivity index (χ1n) is 9.76. The third-order valence-corrected chi connectivity index (χ3v) is 4.73. The van der Waals surface area contributed by atoms with Gasteiger partial charge in [-0.3, -0.25) is 10.1 Å². The van der Waals surface area contributed by atoms with Gasteiger partial charge in [-0.2, -0.15) is 0 Å². The van der Waals surface area contributed by atoms with E-state index in [9.17, 15) is 4.79 Å². The molecule has 1 amide bonds. The second-order valence-corrected chi connectivity index (χ2v) is 6.74. The summed E-state index contributed by atoms with van der Waals surface area (Å²) in [6.07, 6.45) is 5.99. The van der Waals surface area contributed by atoms with E-state index in [0.29, 0.717) is 6.41 Å². The minimum absolute atomic E-state index is 0.0835. The number of aliphatic imine (C=N–C) groups is 1. The number of unbranched alkanes of at least 4 members (excludes halogenated alkanes) is 3. The summed E-state index contributed by atoms with van der Waals surface area (Å²) in [4.78, 5) is 20.3. The van der Waals surface area contributed by atoms with Crippen molar-refractivity contribution < 1.29 is 4.79 Å². The maximum Gasteiger partial charge on any atom is 0.213 e. The Morgan fingerprint density at radius 1 is 1.07 bits per heavy atom. The predicted octanol–water partition coefficient (Wildman–Crippen LogP) is 4.72. The second-order valence-electron chi connectivity index (χ2n) is 6.74. The number of amides is 1. The molecule has 0 aliphatic rings. The van der Waals surface area contributed by atoms with Crippen LogP contribution in [0.2, 0.25) is 0 Å². The number of pyridine rings is 1. The average molecular weight is 374 g/mol. The topological polar surface area (TPSA) is 80.4 Å². The zero-order valence-corrected chi connectivity index (χ0v) is 16.2. The van der Waals surface area contributed by atoms with Crippen molar-refractivity contribution in [3.63, 3.8) is 0 Å². The maximum atomic E-state index is 10.8. The Morgan fingerprint density at radius 3 is 2.57 bits per heavy atom. The molecule has 0 unspecified atom stereocenters. The van der Waals surface area contributed by atoms with Crippen molar-refractivity contribution in [3.05, 3.63) is 60.2 Å². The lowest BCUT2D eigenvalue weighted by Gasteiger charge is -2.15. The zero-order valence-electron chi connectivity index (χ0n) is 16.2.